The molecule has 3 heteroatoms. The molecule has 2 aromatic rings. The zero-order valence-corrected chi connectivity index (χ0v) is 14.2. The summed E-state index contributed by atoms with van der Waals surface area (Å²) >= 11 is 0. The number of carbonyl (C=O) groups excluding carboxylic acids is 1. The molecule has 1 heterocycles. The van der Waals surface area contributed by atoms with Crippen molar-refractivity contribution in [1.29, 1.82) is 0 Å². The van der Waals surface area contributed by atoms with E-state index in [2.05, 4.69) is 41.8 Å². The Labute approximate surface area is 144 Å². The molecule has 0 bridgehead atoms. The van der Waals surface area contributed by atoms with Gasteiger partial charge in [-0.15, -0.1) is 0 Å². The van der Waals surface area contributed by atoms with Crippen molar-refractivity contribution >= 4 is 5.91 Å². The molecule has 3 nitrogen and oxygen atoms in total. The van der Waals surface area contributed by atoms with E-state index in [9.17, 15) is 4.79 Å². The number of rotatable bonds is 6. The molecule has 24 heavy (non-hydrogen) atoms. The third-order valence-corrected chi connectivity index (χ3v) is 5.08. The van der Waals surface area contributed by atoms with Crippen molar-refractivity contribution in [3.05, 3.63) is 71.8 Å². The summed E-state index contributed by atoms with van der Waals surface area (Å²) in [4.78, 5) is 13.0. The molecule has 2 aromatic carbocycles. The minimum absolute atomic E-state index is 0.00566. The molecule has 1 saturated heterocycles. The highest BCUT2D eigenvalue weighted by Crippen LogP contribution is 2.33. The minimum atomic E-state index is 0.00566. The van der Waals surface area contributed by atoms with Crippen LogP contribution in [0.5, 0.6) is 0 Å². The topological polar surface area (TPSA) is 41.1 Å². The molecule has 0 radical (unpaired) electrons. The second kappa shape index (κ2) is 8.11. The van der Waals surface area contributed by atoms with Crippen LogP contribution >= 0.6 is 0 Å². The van der Waals surface area contributed by atoms with Crippen LogP contribution in [0, 0.1) is 11.8 Å². The Balaban J connectivity index is 1.73. The van der Waals surface area contributed by atoms with Gasteiger partial charge in [0, 0.05) is 12.5 Å². The zero-order chi connectivity index (χ0) is 16.8. The Bertz CT molecular complexity index is 635. The molecule has 0 spiro atoms. The molecule has 3 atom stereocenters. The average molecular weight is 322 g/mol. The van der Waals surface area contributed by atoms with Gasteiger partial charge < -0.3 is 10.6 Å². The SMILES string of the molecule is C[C@H](c1ccccc1)C(C(=O)NCc1ccccc1)C1CCNC1. The van der Waals surface area contributed by atoms with Crippen LogP contribution in [0.4, 0.5) is 0 Å². The fraction of sp³-hybridized carbons (Fsp3) is 0.381. The van der Waals surface area contributed by atoms with E-state index in [0.29, 0.717) is 12.5 Å². The number of carbonyl (C=O) groups is 1. The van der Waals surface area contributed by atoms with Crippen molar-refractivity contribution in [2.75, 3.05) is 13.1 Å². The molecule has 0 aliphatic carbocycles. The Morgan fingerprint density at radius 2 is 1.79 bits per heavy atom. The van der Waals surface area contributed by atoms with E-state index in [1.165, 1.54) is 5.56 Å². The second-order valence-electron chi connectivity index (χ2n) is 6.68. The standard InChI is InChI=1S/C21H26N2O/c1-16(18-10-6-3-7-11-18)20(19-12-13-22-15-19)21(24)23-14-17-8-4-2-5-9-17/h2-11,16,19-20,22H,12-15H2,1H3,(H,23,24)/t16-,19?,20?/m1/s1. The summed E-state index contributed by atoms with van der Waals surface area (Å²) in [5.41, 5.74) is 2.38. The highest BCUT2D eigenvalue weighted by molar-refractivity contribution is 5.80. The molecule has 1 amide bonds. The quantitative estimate of drug-likeness (QED) is 0.856. The molecular formula is C21H26N2O. The van der Waals surface area contributed by atoms with Crippen LogP contribution in [0.3, 0.4) is 0 Å². The summed E-state index contributed by atoms with van der Waals surface area (Å²) in [5, 5.41) is 6.57. The highest BCUT2D eigenvalue weighted by Gasteiger charge is 2.35. The normalized spacial score (nSPS) is 19.6. The summed E-state index contributed by atoms with van der Waals surface area (Å²) in [6.07, 6.45) is 1.07. The predicted molar refractivity (Wildman–Crippen MR) is 97.6 cm³/mol. The Kier molecular flexibility index (Phi) is 5.65. The lowest BCUT2D eigenvalue weighted by molar-refractivity contribution is -0.127. The van der Waals surface area contributed by atoms with Crippen LogP contribution in [0.2, 0.25) is 0 Å². The van der Waals surface area contributed by atoms with Crippen LogP contribution in [0.1, 0.15) is 30.4 Å². The smallest absolute Gasteiger partial charge is 0.224 e. The number of hydrogen-bond acceptors (Lipinski definition) is 2. The van der Waals surface area contributed by atoms with Crippen LogP contribution in [0.15, 0.2) is 60.7 Å². The van der Waals surface area contributed by atoms with Crippen molar-refractivity contribution in [3.63, 3.8) is 0 Å². The van der Waals surface area contributed by atoms with Crippen LogP contribution in [-0.4, -0.2) is 19.0 Å². The van der Waals surface area contributed by atoms with Crippen molar-refractivity contribution in [2.45, 2.75) is 25.8 Å². The van der Waals surface area contributed by atoms with Gasteiger partial charge in [0.1, 0.15) is 0 Å². The predicted octanol–water partition coefficient (Wildman–Crippen LogP) is 3.33. The van der Waals surface area contributed by atoms with Gasteiger partial charge in [0.25, 0.3) is 0 Å². The van der Waals surface area contributed by atoms with Crippen molar-refractivity contribution in [2.24, 2.45) is 11.8 Å². The molecule has 3 rings (SSSR count). The molecule has 2 N–H and O–H groups in total. The Morgan fingerprint density at radius 1 is 1.12 bits per heavy atom. The first-order valence-corrected chi connectivity index (χ1v) is 8.83. The number of hydrogen-bond donors (Lipinski definition) is 2. The van der Waals surface area contributed by atoms with Crippen molar-refractivity contribution in [3.8, 4) is 0 Å². The van der Waals surface area contributed by atoms with Gasteiger partial charge in [-0.1, -0.05) is 67.6 Å². The maximum atomic E-state index is 13.0. The molecular weight excluding hydrogens is 296 g/mol. The van der Waals surface area contributed by atoms with Gasteiger partial charge in [0.2, 0.25) is 5.91 Å². The second-order valence-corrected chi connectivity index (χ2v) is 6.68. The monoisotopic (exact) mass is 322 g/mol. The first-order valence-electron chi connectivity index (χ1n) is 8.83. The molecule has 1 aliphatic rings. The Morgan fingerprint density at radius 3 is 2.42 bits per heavy atom. The molecule has 1 fully saturated rings. The van der Waals surface area contributed by atoms with E-state index in [1.807, 2.05) is 36.4 Å². The molecule has 126 valence electrons. The van der Waals surface area contributed by atoms with Crippen LogP contribution in [0.25, 0.3) is 0 Å². The summed E-state index contributed by atoms with van der Waals surface area (Å²) in [6, 6.07) is 20.5. The lowest BCUT2D eigenvalue weighted by Crippen LogP contribution is -2.38. The fourth-order valence-electron chi connectivity index (χ4n) is 3.70. The number of nitrogens with one attached hydrogen (secondary N) is 2. The molecule has 1 aliphatic heterocycles. The van der Waals surface area contributed by atoms with Crippen LogP contribution < -0.4 is 10.6 Å². The summed E-state index contributed by atoms with van der Waals surface area (Å²) in [5.74, 6) is 0.790. The van der Waals surface area contributed by atoms with Gasteiger partial charge in [-0.05, 0) is 42.5 Å². The van der Waals surface area contributed by atoms with E-state index in [-0.39, 0.29) is 17.7 Å². The summed E-state index contributed by atoms with van der Waals surface area (Å²) < 4.78 is 0. The van der Waals surface area contributed by atoms with Crippen LogP contribution in [-0.2, 0) is 11.3 Å². The van der Waals surface area contributed by atoms with Gasteiger partial charge in [0.15, 0.2) is 0 Å². The molecule has 0 saturated carbocycles. The molecule has 2 unspecified atom stereocenters. The maximum Gasteiger partial charge on any atom is 0.224 e. The Hall–Kier alpha value is -2.13. The van der Waals surface area contributed by atoms with Gasteiger partial charge >= 0.3 is 0 Å². The van der Waals surface area contributed by atoms with Gasteiger partial charge in [-0.3, -0.25) is 4.79 Å². The minimum Gasteiger partial charge on any atom is -0.352 e. The zero-order valence-electron chi connectivity index (χ0n) is 14.2. The van der Waals surface area contributed by atoms with Gasteiger partial charge in [-0.25, -0.2) is 0 Å². The maximum absolute atomic E-state index is 13.0. The van der Waals surface area contributed by atoms with Gasteiger partial charge in [0.05, 0.1) is 0 Å². The fourth-order valence-corrected chi connectivity index (χ4v) is 3.70. The summed E-state index contributed by atoms with van der Waals surface area (Å²) in [6.45, 7) is 4.72. The number of amides is 1. The largest absolute Gasteiger partial charge is 0.352 e. The first kappa shape index (κ1) is 16.7. The third-order valence-electron chi connectivity index (χ3n) is 5.08. The van der Waals surface area contributed by atoms with Crippen molar-refractivity contribution < 1.29 is 4.79 Å². The molecule has 0 aromatic heterocycles. The van der Waals surface area contributed by atoms with Crippen molar-refractivity contribution in [1.82, 2.24) is 10.6 Å². The van der Waals surface area contributed by atoms with E-state index in [0.717, 1.165) is 25.1 Å². The van der Waals surface area contributed by atoms with E-state index >= 15 is 0 Å². The lowest BCUT2D eigenvalue weighted by atomic mass is 9.77. The van der Waals surface area contributed by atoms with Gasteiger partial charge in [-0.2, -0.15) is 0 Å². The third kappa shape index (κ3) is 4.04. The van der Waals surface area contributed by atoms with E-state index in [1.54, 1.807) is 0 Å². The highest BCUT2D eigenvalue weighted by atomic mass is 16.1. The average Bonchev–Trinajstić information content (AvgIpc) is 3.16. The first-order chi connectivity index (χ1) is 11.8. The van der Waals surface area contributed by atoms with E-state index in [4.69, 9.17) is 0 Å². The van der Waals surface area contributed by atoms with E-state index < -0.39 is 0 Å². The lowest BCUT2D eigenvalue weighted by Gasteiger charge is -2.28. The number of benzene rings is 2. The summed E-state index contributed by atoms with van der Waals surface area (Å²) in [7, 11) is 0.